The molecule has 1 aromatic heterocycles. The molecular formula is C10H9FN2O2. The van der Waals surface area contributed by atoms with Gasteiger partial charge in [0.1, 0.15) is 5.82 Å². The van der Waals surface area contributed by atoms with Crippen molar-refractivity contribution in [2.24, 2.45) is 0 Å². The number of aromatic amines is 1. The van der Waals surface area contributed by atoms with Gasteiger partial charge < -0.3 is 9.72 Å². The Hall–Kier alpha value is -1.91. The summed E-state index contributed by atoms with van der Waals surface area (Å²) in [7, 11) is 1.25. The molecule has 0 radical (unpaired) electrons. The highest BCUT2D eigenvalue weighted by atomic mass is 19.1. The SMILES string of the molecule is COC(=O)c1cc(F)c(C)c2nc[nH]c12. The molecule has 0 aliphatic heterocycles. The summed E-state index contributed by atoms with van der Waals surface area (Å²) in [6.45, 7) is 1.61. The topological polar surface area (TPSA) is 55.0 Å². The highest BCUT2D eigenvalue weighted by Gasteiger charge is 2.16. The van der Waals surface area contributed by atoms with E-state index in [1.54, 1.807) is 6.92 Å². The Kier molecular flexibility index (Phi) is 2.15. The monoisotopic (exact) mass is 208 g/mol. The summed E-state index contributed by atoms with van der Waals surface area (Å²) in [5.74, 6) is -1.04. The Balaban J connectivity index is 2.80. The Bertz CT molecular complexity index is 533. The van der Waals surface area contributed by atoms with Gasteiger partial charge in [0.2, 0.25) is 0 Å². The fraction of sp³-hybridized carbons (Fsp3) is 0.200. The average molecular weight is 208 g/mol. The molecule has 2 aromatic rings. The summed E-state index contributed by atoms with van der Waals surface area (Å²) in [5.41, 5.74) is 1.53. The highest BCUT2D eigenvalue weighted by molar-refractivity contribution is 6.02. The summed E-state index contributed by atoms with van der Waals surface area (Å²) in [5, 5.41) is 0. The third-order valence-electron chi connectivity index (χ3n) is 2.30. The molecule has 0 aliphatic carbocycles. The Morgan fingerprint density at radius 1 is 1.60 bits per heavy atom. The maximum absolute atomic E-state index is 13.4. The van der Waals surface area contributed by atoms with E-state index in [1.807, 2.05) is 0 Å². The molecule has 0 amide bonds. The maximum atomic E-state index is 13.4. The summed E-state index contributed by atoms with van der Waals surface area (Å²) in [6, 6.07) is 1.15. The molecule has 0 fully saturated rings. The number of aryl methyl sites for hydroxylation is 1. The molecule has 1 N–H and O–H groups in total. The van der Waals surface area contributed by atoms with E-state index in [0.717, 1.165) is 6.07 Å². The molecule has 0 saturated carbocycles. The molecule has 0 bridgehead atoms. The van der Waals surface area contributed by atoms with E-state index in [2.05, 4.69) is 14.7 Å². The summed E-state index contributed by atoms with van der Waals surface area (Å²) in [6.07, 6.45) is 1.42. The number of hydrogen-bond donors (Lipinski definition) is 1. The lowest BCUT2D eigenvalue weighted by atomic mass is 10.1. The van der Waals surface area contributed by atoms with Gasteiger partial charge in [-0.25, -0.2) is 14.2 Å². The van der Waals surface area contributed by atoms with Crippen molar-refractivity contribution in [2.75, 3.05) is 7.11 Å². The van der Waals surface area contributed by atoms with E-state index in [1.165, 1.54) is 13.4 Å². The second-order valence-corrected chi connectivity index (χ2v) is 3.15. The first-order valence-electron chi connectivity index (χ1n) is 4.35. The van der Waals surface area contributed by atoms with E-state index in [0.29, 0.717) is 16.6 Å². The molecule has 15 heavy (non-hydrogen) atoms. The molecule has 5 heteroatoms. The molecule has 0 saturated heterocycles. The summed E-state index contributed by atoms with van der Waals surface area (Å²) in [4.78, 5) is 18.1. The van der Waals surface area contributed by atoms with Gasteiger partial charge in [0.15, 0.2) is 0 Å². The van der Waals surface area contributed by atoms with Crippen LogP contribution < -0.4 is 0 Å². The average Bonchev–Trinajstić information content (AvgIpc) is 2.71. The van der Waals surface area contributed by atoms with Crippen molar-refractivity contribution < 1.29 is 13.9 Å². The minimum Gasteiger partial charge on any atom is -0.465 e. The van der Waals surface area contributed by atoms with E-state index in [-0.39, 0.29) is 5.56 Å². The second kappa shape index (κ2) is 3.34. The van der Waals surface area contributed by atoms with Crippen molar-refractivity contribution in [2.45, 2.75) is 6.92 Å². The number of ether oxygens (including phenoxy) is 1. The molecule has 78 valence electrons. The third-order valence-corrected chi connectivity index (χ3v) is 2.30. The fourth-order valence-corrected chi connectivity index (χ4v) is 1.48. The van der Waals surface area contributed by atoms with Crippen LogP contribution >= 0.6 is 0 Å². The summed E-state index contributed by atoms with van der Waals surface area (Å²) < 4.78 is 18.0. The minimum absolute atomic E-state index is 0.160. The van der Waals surface area contributed by atoms with Crippen molar-refractivity contribution in [1.29, 1.82) is 0 Å². The number of carbonyl (C=O) groups is 1. The molecule has 0 unspecified atom stereocenters. The van der Waals surface area contributed by atoms with Crippen LogP contribution in [0.15, 0.2) is 12.4 Å². The Labute approximate surface area is 85.1 Å². The van der Waals surface area contributed by atoms with Crippen LogP contribution in [-0.2, 0) is 4.74 Å². The number of methoxy groups -OCH3 is 1. The Morgan fingerprint density at radius 2 is 2.33 bits per heavy atom. The number of H-pyrrole nitrogens is 1. The first kappa shape index (κ1) is 9.64. The summed E-state index contributed by atoms with van der Waals surface area (Å²) >= 11 is 0. The number of imidazole rings is 1. The predicted octanol–water partition coefficient (Wildman–Crippen LogP) is 1.80. The molecule has 1 heterocycles. The first-order valence-corrected chi connectivity index (χ1v) is 4.35. The molecule has 2 rings (SSSR count). The van der Waals surface area contributed by atoms with Crippen LogP contribution in [0.2, 0.25) is 0 Å². The molecular weight excluding hydrogens is 199 g/mol. The van der Waals surface area contributed by atoms with Gasteiger partial charge >= 0.3 is 5.97 Å². The van der Waals surface area contributed by atoms with Crippen molar-refractivity contribution in [3.05, 3.63) is 29.3 Å². The standard InChI is InChI=1S/C10H9FN2O2/c1-5-7(11)3-6(10(14)15-2)9-8(5)12-4-13-9/h3-4H,1-2H3,(H,12,13). The van der Waals surface area contributed by atoms with Gasteiger partial charge in [-0.15, -0.1) is 0 Å². The second-order valence-electron chi connectivity index (χ2n) is 3.15. The predicted molar refractivity (Wildman–Crippen MR) is 52.1 cm³/mol. The van der Waals surface area contributed by atoms with Gasteiger partial charge in [0.25, 0.3) is 0 Å². The van der Waals surface area contributed by atoms with Gasteiger partial charge in [-0.2, -0.15) is 0 Å². The van der Waals surface area contributed by atoms with Crippen molar-refractivity contribution in [1.82, 2.24) is 9.97 Å². The minimum atomic E-state index is -0.580. The number of esters is 1. The van der Waals surface area contributed by atoms with E-state index in [9.17, 15) is 9.18 Å². The van der Waals surface area contributed by atoms with Gasteiger partial charge in [0.05, 0.1) is 30.0 Å². The first-order chi connectivity index (χ1) is 7.15. The van der Waals surface area contributed by atoms with Crippen LogP contribution in [0.25, 0.3) is 11.0 Å². The largest absolute Gasteiger partial charge is 0.465 e. The lowest BCUT2D eigenvalue weighted by Crippen LogP contribution is -2.04. The zero-order valence-corrected chi connectivity index (χ0v) is 8.30. The highest BCUT2D eigenvalue weighted by Crippen LogP contribution is 2.22. The maximum Gasteiger partial charge on any atom is 0.340 e. The van der Waals surface area contributed by atoms with Crippen molar-refractivity contribution >= 4 is 17.0 Å². The van der Waals surface area contributed by atoms with Crippen molar-refractivity contribution in [3.8, 4) is 0 Å². The number of fused-ring (bicyclic) bond motifs is 1. The number of aromatic nitrogens is 2. The van der Waals surface area contributed by atoms with E-state index in [4.69, 9.17) is 0 Å². The number of rotatable bonds is 1. The van der Waals surface area contributed by atoms with Crippen LogP contribution in [-0.4, -0.2) is 23.0 Å². The number of nitrogens with zero attached hydrogens (tertiary/aromatic N) is 1. The fourth-order valence-electron chi connectivity index (χ4n) is 1.48. The normalized spacial score (nSPS) is 10.6. The lowest BCUT2D eigenvalue weighted by Gasteiger charge is -2.03. The number of hydrogen-bond acceptors (Lipinski definition) is 3. The van der Waals surface area contributed by atoms with E-state index < -0.39 is 11.8 Å². The van der Waals surface area contributed by atoms with Crippen LogP contribution in [0.5, 0.6) is 0 Å². The van der Waals surface area contributed by atoms with Gasteiger partial charge in [-0.3, -0.25) is 0 Å². The quantitative estimate of drug-likeness (QED) is 0.727. The molecule has 4 nitrogen and oxygen atoms in total. The number of halogens is 1. The van der Waals surface area contributed by atoms with Crippen LogP contribution in [0.1, 0.15) is 15.9 Å². The zero-order chi connectivity index (χ0) is 11.0. The van der Waals surface area contributed by atoms with Gasteiger partial charge in [0, 0.05) is 5.56 Å². The van der Waals surface area contributed by atoms with Gasteiger partial charge in [-0.1, -0.05) is 0 Å². The molecule has 0 spiro atoms. The number of benzene rings is 1. The molecule has 1 aromatic carbocycles. The third kappa shape index (κ3) is 1.36. The smallest absolute Gasteiger partial charge is 0.340 e. The molecule has 0 aliphatic rings. The van der Waals surface area contributed by atoms with Crippen LogP contribution in [0.4, 0.5) is 4.39 Å². The Morgan fingerprint density at radius 3 is 3.00 bits per heavy atom. The van der Waals surface area contributed by atoms with Gasteiger partial charge in [-0.05, 0) is 13.0 Å². The number of nitrogens with one attached hydrogen (secondary N) is 1. The number of carbonyl (C=O) groups excluding carboxylic acids is 1. The van der Waals surface area contributed by atoms with Crippen molar-refractivity contribution in [3.63, 3.8) is 0 Å². The molecule has 0 atom stereocenters. The zero-order valence-electron chi connectivity index (χ0n) is 8.30. The lowest BCUT2D eigenvalue weighted by molar-refractivity contribution is 0.0602. The van der Waals surface area contributed by atoms with Crippen LogP contribution in [0, 0.1) is 12.7 Å². The van der Waals surface area contributed by atoms with Crippen LogP contribution in [0.3, 0.4) is 0 Å². The van der Waals surface area contributed by atoms with E-state index >= 15 is 0 Å².